The van der Waals surface area contributed by atoms with Crippen molar-refractivity contribution in [2.24, 2.45) is 5.41 Å². The van der Waals surface area contributed by atoms with Crippen LogP contribution < -0.4 is 5.32 Å². The van der Waals surface area contributed by atoms with E-state index in [1.807, 2.05) is 17.8 Å². The molecule has 3 atom stereocenters. The average molecular weight is 363 g/mol. The zero-order chi connectivity index (χ0) is 18.6. The van der Waals surface area contributed by atoms with Crippen LogP contribution in [0.3, 0.4) is 0 Å². The molecule has 2 bridgehead atoms. The Morgan fingerprint density at radius 3 is 2.72 bits per heavy atom. The van der Waals surface area contributed by atoms with Gasteiger partial charge in [-0.1, -0.05) is 19.1 Å². The Balaban J connectivity index is 2.29. The van der Waals surface area contributed by atoms with Gasteiger partial charge in [0.25, 0.3) is 0 Å². The smallest absolute Gasteiger partial charge is 0.152 e. The van der Waals surface area contributed by atoms with Crippen molar-refractivity contribution >= 4 is 17.5 Å². The molecule has 3 unspecified atom stereocenters. The third-order valence-electron chi connectivity index (χ3n) is 6.03. The predicted octanol–water partition coefficient (Wildman–Crippen LogP) is 4.18. The molecule has 0 aromatic heterocycles. The summed E-state index contributed by atoms with van der Waals surface area (Å²) in [5, 5.41) is 3.87. The summed E-state index contributed by atoms with van der Waals surface area (Å²) in [7, 11) is 2.24. The zero-order valence-electron chi connectivity index (χ0n) is 16.7. The van der Waals surface area contributed by atoms with Crippen LogP contribution in [0.4, 0.5) is 0 Å². The van der Waals surface area contributed by atoms with E-state index in [1.54, 1.807) is 6.92 Å². The number of ketones is 1. The van der Waals surface area contributed by atoms with Crippen molar-refractivity contribution in [3.63, 3.8) is 0 Å². The average Bonchev–Trinajstić information content (AvgIpc) is 2.58. The number of likely N-dealkylation sites (N-methyl/N-ethyl adjacent to an activating group) is 1. The van der Waals surface area contributed by atoms with E-state index in [-0.39, 0.29) is 11.2 Å². The Kier molecular flexibility index (Phi) is 7.12. The molecule has 1 aliphatic carbocycles. The molecule has 0 spiro atoms. The quantitative estimate of drug-likeness (QED) is 0.719. The molecular weight excluding hydrogens is 328 g/mol. The van der Waals surface area contributed by atoms with Gasteiger partial charge >= 0.3 is 0 Å². The Morgan fingerprint density at radius 1 is 1.44 bits per heavy atom. The maximum atomic E-state index is 11.9. The molecule has 3 nitrogen and oxygen atoms in total. The number of carbonyl (C=O) groups excluding carboxylic acids is 1. The minimum atomic E-state index is 0.0262. The number of piperidine rings is 1. The largest absolute Gasteiger partial charge is 0.311 e. The van der Waals surface area contributed by atoms with Gasteiger partial charge in [-0.25, -0.2) is 0 Å². The van der Waals surface area contributed by atoms with Crippen LogP contribution in [-0.2, 0) is 4.79 Å². The highest BCUT2D eigenvalue weighted by molar-refractivity contribution is 8.02. The maximum absolute atomic E-state index is 11.9. The standard InChI is InChI=1S/C21H34N2OS/c1-7-16-14-19-20(22-11-9-17(8-2)25-6)21(4,10-12-23(19)5)18(16)13-15(3)24/h7-8,13,19-20,22H,9-12,14H2,1-6H3/b16-7?,17-8?,18-13+. The Morgan fingerprint density at radius 2 is 2.16 bits per heavy atom. The summed E-state index contributed by atoms with van der Waals surface area (Å²) in [6, 6.07) is 0.887. The van der Waals surface area contributed by atoms with Crippen molar-refractivity contribution in [3.8, 4) is 0 Å². The second-order valence-corrected chi connectivity index (χ2v) is 8.48. The molecule has 1 N–H and O–H groups in total. The summed E-state index contributed by atoms with van der Waals surface area (Å²) in [5.41, 5.74) is 2.64. The molecule has 1 saturated heterocycles. The fourth-order valence-electron chi connectivity index (χ4n) is 4.50. The lowest BCUT2D eigenvalue weighted by atomic mass is 9.59. The minimum Gasteiger partial charge on any atom is -0.311 e. The van der Waals surface area contributed by atoms with Crippen molar-refractivity contribution in [3.05, 3.63) is 34.3 Å². The minimum absolute atomic E-state index is 0.0262. The van der Waals surface area contributed by atoms with E-state index in [0.29, 0.717) is 12.1 Å². The number of hydrogen-bond donors (Lipinski definition) is 1. The van der Waals surface area contributed by atoms with E-state index >= 15 is 0 Å². The van der Waals surface area contributed by atoms with Gasteiger partial charge in [-0.05, 0) is 82.0 Å². The van der Waals surface area contributed by atoms with Crippen LogP contribution in [0, 0.1) is 5.41 Å². The molecule has 25 heavy (non-hydrogen) atoms. The van der Waals surface area contributed by atoms with Crippen LogP contribution in [0.25, 0.3) is 0 Å². The highest BCUT2D eigenvalue weighted by atomic mass is 32.2. The monoisotopic (exact) mass is 362 g/mol. The summed E-state index contributed by atoms with van der Waals surface area (Å²) in [6.07, 6.45) is 11.6. The maximum Gasteiger partial charge on any atom is 0.152 e. The van der Waals surface area contributed by atoms with E-state index in [4.69, 9.17) is 0 Å². The number of carbonyl (C=O) groups is 1. The molecule has 2 aliphatic rings. The Labute approximate surface area is 158 Å². The van der Waals surface area contributed by atoms with Crippen LogP contribution >= 0.6 is 11.8 Å². The number of rotatable bonds is 6. The molecule has 2 rings (SSSR count). The highest BCUT2D eigenvalue weighted by Crippen LogP contribution is 2.50. The third-order valence-corrected chi connectivity index (χ3v) is 6.99. The number of nitrogens with one attached hydrogen (secondary N) is 1. The fourth-order valence-corrected chi connectivity index (χ4v) is 5.04. The second-order valence-electron chi connectivity index (χ2n) is 7.54. The first-order valence-electron chi connectivity index (χ1n) is 9.38. The van der Waals surface area contributed by atoms with Gasteiger partial charge in [0.1, 0.15) is 0 Å². The van der Waals surface area contributed by atoms with Crippen molar-refractivity contribution in [1.29, 1.82) is 0 Å². The van der Waals surface area contributed by atoms with Crippen molar-refractivity contribution in [2.75, 3.05) is 26.4 Å². The first-order valence-corrected chi connectivity index (χ1v) is 10.6. The van der Waals surface area contributed by atoms with E-state index in [9.17, 15) is 4.79 Å². The summed E-state index contributed by atoms with van der Waals surface area (Å²) in [4.78, 5) is 15.8. The molecule has 0 aromatic carbocycles. The van der Waals surface area contributed by atoms with E-state index in [2.05, 4.69) is 56.4 Å². The van der Waals surface area contributed by atoms with Gasteiger partial charge in [-0.15, -0.1) is 11.8 Å². The normalized spacial score (nSPS) is 33.9. The zero-order valence-corrected chi connectivity index (χ0v) is 17.5. The van der Waals surface area contributed by atoms with Gasteiger partial charge in [0, 0.05) is 24.0 Å². The van der Waals surface area contributed by atoms with Gasteiger partial charge in [-0.3, -0.25) is 4.79 Å². The molecule has 0 radical (unpaired) electrons. The van der Waals surface area contributed by atoms with E-state index < -0.39 is 0 Å². The molecule has 140 valence electrons. The lowest BCUT2D eigenvalue weighted by molar-refractivity contribution is -0.112. The van der Waals surface area contributed by atoms with Gasteiger partial charge < -0.3 is 10.2 Å². The number of fused-ring (bicyclic) bond motifs is 2. The van der Waals surface area contributed by atoms with Crippen molar-refractivity contribution < 1.29 is 4.79 Å². The molecule has 2 fully saturated rings. The number of hydrogen-bond acceptors (Lipinski definition) is 4. The van der Waals surface area contributed by atoms with Crippen LogP contribution in [0.1, 0.15) is 47.0 Å². The molecule has 1 heterocycles. The first kappa shape index (κ1) is 20.5. The molecule has 1 aliphatic heterocycles. The molecular formula is C21H34N2OS. The fraction of sp³-hybridized carbons (Fsp3) is 0.667. The van der Waals surface area contributed by atoms with Crippen molar-refractivity contribution in [2.45, 2.75) is 59.0 Å². The summed E-state index contributed by atoms with van der Waals surface area (Å²) >= 11 is 1.84. The van der Waals surface area contributed by atoms with Crippen LogP contribution in [-0.4, -0.2) is 49.2 Å². The lowest BCUT2D eigenvalue weighted by Crippen LogP contribution is -2.64. The molecule has 4 heteroatoms. The van der Waals surface area contributed by atoms with Gasteiger partial charge in [0.15, 0.2) is 5.78 Å². The number of nitrogens with zero attached hydrogens (tertiary/aromatic N) is 1. The Hall–Kier alpha value is -0.840. The van der Waals surface area contributed by atoms with E-state index in [1.165, 1.54) is 16.1 Å². The topological polar surface area (TPSA) is 32.3 Å². The first-order chi connectivity index (χ1) is 11.9. The molecule has 1 saturated carbocycles. The SMILES string of the molecule is CC=C(CCNC1C2CC(=CC)/C(=C\C(C)=O)C1(C)CCN2C)SC. The van der Waals surface area contributed by atoms with Crippen molar-refractivity contribution in [1.82, 2.24) is 10.2 Å². The van der Waals surface area contributed by atoms with Crippen LogP contribution in [0.2, 0.25) is 0 Å². The third kappa shape index (κ3) is 4.29. The highest BCUT2D eigenvalue weighted by Gasteiger charge is 2.50. The molecule has 0 aromatic rings. The summed E-state index contributed by atoms with van der Waals surface area (Å²) in [6.45, 7) is 10.3. The summed E-state index contributed by atoms with van der Waals surface area (Å²) < 4.78 is 0. The summed E-state index contributed by atoms with van der Waals surface area (Å²) in [5.74, 6) is 0.158. The second kappa shape index (κ2) is 8.70. The van der Waals surface area contributed by atoms with Crippen LogP contribution in [0.5, 0.6) is 0 Å². The number of likely N-dealkylation sites (tertiary alicyclic amines) is 1. The number of thioether (sulfide) groups is 1. The van der Waals surface area contributed by atoms with E-state index in [0.717, 1.165) is 32.4 Å². The molecule has 0 amide bonds. The van der Waals surface area contributed by atoms with Gasteiger partial charge in [-0.2, -0.15) is 0 Å². The van der Waals surface area contributed by atoms with Crippen LogP contribution in [0.15, 0.2) is 34.3 Å². The number of allylic oxidation sites excluding steroid dienone is 3. The van der Waals surface area contributed by atoms with Gasteiger partial charge in [0.05, 0.1) is 0 Å². The van der Waals surface area contributed by atoms with Gasteiger partial charge in [0.2, 0.25) is 0 Å². The lowest BCUT2D eigenvalue weighted by Gasteiger charge is -2.56. The Bertz CT molecular complexity index is 593. The predicted molar refractivity (Wildman–Crippen MR) is 110 cm³/mol.